The molecule has 0 amide bonds. The molecule has 3 aromatic heterocycles. The highest BCUT2D eigenvalue weighted by Crippen LogP contribution is 2.29. The summed E-state index contributed by atoms with van der Waals surface area (Å²) < 4.78 is 3.41. The molecule has 0 unspecified atom stereocenters. The third-order valence-electron chi connectivity index (χ3n) is 6.70. The Bertz CT molecular complexity index is 1390. The van der Waals surface area contributed by atoms with Crippen molar-refractivity contribution in [3.8, 4) is 0 Å². The van der Waals surface area contributed by atoms with Crippen LogP contribution in [0.2, 0.25) is 0 Å². The summed E-state index contributed by atoms with van der Waals surface area (Å²) in [6, 6.07) is 8.59. The van der Waals surface area contributed by atoms with Crippen LogP contribution in [0.1, 0.15) is 80.2 Å². The molecule has 5 rings (SSSR count). The van der Waals surface area contributed by atoms with Crippen LogP contribution in [0.4, 0.5) is 0 Å². The number of hydrogen-bond acceptors (Lipinski definition) is 2. The van der Waals surface area contributed by atoms with Crippen molar-refractivity contribution in [3.63, 3.8) is 0 Å². The fraction of sp³-hybridized carbons (Fsp3) is 0.310. The number of unbranched alkanes of at least 4 members (excludes halogenated alkanes) is 6. The molecule has 3 aromatic rings. The summed E-state index contributed by atoms with van der Waals surface area (Å²) in [5, 5.41) is 0. The Kier molecular flexibility index (Phi) is 8.87. The minimum Gasteiger partial charge on any atom is -0.354 e. The van der Waals surface area contributed by atoms with Gasteiger partial charge in [0.2, 0.25) is 0 Å². The van der Waals surface area contributed by atoms with Crippen LogP contribution in [0, 0.1) is 10.7 Å². The van der Waals surface area contributed by atoms with Gasteiger partial charge in [0.05, 0.1) is 55.6 Å². The highest BCUT2D eigenvalue weighted by Gasteiger charge is 2.15. The molecule has 2 N–H and O–H groups in total. The van der Waals surface area contributed by atoms with Crippen molar-refractivity contribution < 1.29 is 0 Å². The van der Waals surface area contributed by atoms with Gasteiger partial charge in [0.15, 0.2) is 0 Å². The predicted octanol–water partition coefficient (Wildman–Crippen LogP) is 9.76. The molecule has 0 saturated carbocycles. The van der Waals surface area contributed by atoms with Gasteiger partial charge in [-0.25, -0.2) is 9.97 Å². The molecule has 8 bridgehead atoms. The molecule has 0 saturated heterocycles. The monoisotopic (exact) mass is 814 g/mol. The van der Waals surface area contributed by atoms with Gasteiger partial charge < -0.3 is 9.97 Å². The Morgan fingerprint density at radius 1 is 0.556 bits per heavy atom. The molecule has 36 heavy (non-hydrogen) atoms. The van der Waals surface area contributed by atoms with Crippen LogP contribution in [0.5, 0.6) is 0 Å². The minimum absolute atomic E-state index is 1.00. The van der Waals surface area contributed by atoms with Gasteiger partial charge >= 0.3 is 0 Å². The maximum Gasteiger partial charge on any atom is 0.0792 e. The lowest BCUT2D eigenvalue weighted by Gasteiger charge is -2.05. The van der Waals surface area contributed by atoms with Crippen LogP contribution < -0.4 is 0 Å². The minimum atomic E-state index is 1.00. The first-order chi connectivity index (χ1) is 17.5. The van der Waals surface area contributed by atoms with E-state index in [1.54, 1.807) is 0 Å². The number of aromatic nitrogens is 4. The average molecular weight is 814 g/mol. The van der Waals surface area contributed by atoms with Crippen molar-refractivity contribution in [1.29, 1.82) is 0 Å². The maximum atomic E-state index is 5.09. The van der Waals surface area contributed by atoms with Crippen LogP contribution in [-0.4, -0.2) is 19.9 Å². The van der Waals surface area contributed by atoms with Crippen LogP contribution in [0.3, 0.4) is 0 Å². The summed E-state index contributed by atoms with van der Waals surface area (Å²) >= 11 is 7.24. The number of halogens is 3. The first kappa shape index (κ1) is 26.4. The van der Waals surface area contributed by atoms with Crippen molar-refractivity contribution in [3.05, 3.63) is 63.3 Å². The Labute approximate surface area is 253 Å². The fourth-order valence-electron chi connectivity index (χ4n) is 4.67. The highest BCUT2D eigenvalue weighted by molar-refractivity contribution is 14.1. The number of rotatable bonds is 8. The summed E-state index contributed by atoms with van der Waals surface area (Å²) in [7, 11) is 0. The molecule has 2 aliphatic heterocycles. The summed E-state index contributed by atoms with van der Waals surface area (Å²) in [6.45, 7) is 2.27. The van der Waals surface area contributed by atoms with Crippen LogP contribution in [0.15, 0.2) is 24.3 Å². The van der Waals surface area contributed by atoms with Crippen LogP contribution in [0.25, 0.3) is 46.4 Å². The van der Waals surface area contributed by atoms with Gasteiger partial charge in [-0.2, -0.15) is 0 Å². The van der Waals surface area contributed by atoms with Gasteiger partial charge in [-0.05, 0) is 129 Å². The second-order valence-corrected chi connectivity index (χ2v) is 12.5. The van der Waals surface area contributed by atoms with Crippen molar-refractivity contribution >= 4 is 114 Å². The molecule has 2 aliphatic rings. The molecule has 0 spiro atoms. The number of hydrogen-bond donors (Lipinski definition) is 2. The number of fused-ring (bicyclic) bond motifs is 8. The van der Waals surface area contributed by atoms with Crippen molar-refractivity contribution in [1.82, 2.24) is 19.9 Å². The number of aromatic amines is 2. The maximum absolute atomic E-state index is 5.09. The van der Waals surface area contributed by atoms with E-state index in [9.17, 15) is 0 Å². The fourth-order valence-corrected chi connectivity index (χ4v) is 6.53. The first-order valence-electron chi connectivity index (χ1n) is 12.7. The normalized spacial score (nSPS) is 12.6. The lowest BCUT2D eigenvalue weighted by molar-refractivity contribution is 0.589. The number of H-pyrrole nitrogens is 2. The average Bonchev–Trinajstić information content (AvgIpc) is 3.69. The van der Waals surface area contributed by atoms with Gasteiger partial charge in [0.1, 0.15) is 0 Å². The van der Waals surface area contributed by atoms with Gasteiger partial charge in [-0.1, -0.05) is 45.4 Å². The van der Waals surface area contributed by atoms with Crippen molar-refractivity contribution in [2.75, 3.05) is 0 Å². The van der Waals surface area contributed by atoms with Gasteiger partial charge in [-0.3, -0.25) is 0 Å². The first-order valence-corrected chi connectivity index (χ1v) is 15.9. The smallest absolute Gasteiger partial charge is 0.0792 e. The van der Waals surface area contributed by atoms with Crippen LogP contribution in [-0.2, 0) is 6.42 Å². The predicted molar refractivity (Wildman–Crippen MR) is 179 cm³/mol. The molecule has 0 atom stereocenters. The Balaban J connectivity index is 1.64. The largest absolute Gasteiger partial charge is 0.354 e. The van der Waals surface area contributed by atoms with E-state index in [1.807, 2.05) is 0 Å². The quantitative estimate of drug-likeness (QED) is 0.121. The van der Waals surface area contributed by atoms with E-state index in [0.717, 1.165) is 62.0 Å². The van der Waals surface area contributed by atoms with Crippen LogP contribution >= 0.6 is 67.8 Å². The molecular weight excluding hydrogens is 785 g/mol. The van der Waals surface area contributed by atoms with Gasteiger partial charge in [0, 0.05) is 5.56 Å². The lowest BCUT2D eigenvalue weighted by atomic mass is 10.0. The van der Waals surface area contributed by atoms with E-state index in [4.69, 9.17) is 9.97 Å². The van der Waals surface area contributed by atoms with Gasteiger partial charge in [0.25, 0.3) is 0 Å². The van der Waals surface area contributed by atoms with E-state index in [2.05, 4.69) is 133 Å². The van der Waals surface area contributed by atoms with E-state index < -0.39 is 0 Å². The molecule has 0 radical (unpaired) electrons. The molecule has 4 nitrogen and oxygen atoms in total. The zero-order valence-corrected chi connectivity index (χ0v) is 26.8. The zero-order valence-electron chi connectivity index (χ0n) is 20.3. The molecule has 7 heteroatoms. The van der Waals surface area contributed by atoms with E-state index in [0.29, 0.717) is 0 Å². The number of nitrogens with zero attached hydrogens (tertiary/aromatic N) is 2. The SMILES string of the molecule is CCCCCCCCCc1c2nc(c(I)c3ccc([nH]3)c(I)c3ccc([nH]3)c(I)c3nc1C=C3)C=C2. The molecule has 5 heterocycles. The van der Waals surface area contributed by atoms with Crippen molar-refractivity contribution in [2.45, 2.75) is 58.3 Å². The zero-order chi connectivity index (χ0) is 25.1. The molecule has 0 aliphatic carbocycles. The van der Waals surface area contributed by atoms with E-state index in [-0.39, 0.29) is 0 Å². The Hall–Kier alpha value is -1.21. The topological polar surface area (TPSA) is 57.4 Å². The summed E-state index contributed by atoms with van der Waals surface area (Å²) in [5.41, 5.74) is 9.74. The third-order valence-corrected chi connectivity index (χ3v) is 10.1. The molecule has 0 fully saturated rings. The Morgan fingerprint density at radius 3 is 1.47 bits per heavy atom. The second-order valence-electron chi connectivity index (χ2n) is 9.29. The Morgan fingerprint density at radius 2 is 0.972 bits per heavy atom. The summed E-state index contributed by atoms with van der Waals surface area (Å²) in [5.74, 6) is 0. The third kappa shape index (κ3) is 5.77. The second kappa shape index (κ2) is 12.1. The van der Waals surface area contributed by atoms with E-state index in [1.165, 1.54) is 50.5 Å². The summed E-state index contributed by atoms with van der Waals surface area (Å²) in [4.78, 5) is 17.4. The highest BCUT2D eigenvalue weighted by atomic mass is 127. The summed E-state index contributed by atoms with van der Waals surface area (Å²) in [6.07, 6.45) is 18.7. The van der Waals surface area contributed by atoms with Crippen molar-refractivity contribution in [2.24, 2.45) is 0 Å². The van der Waals surface area contributed by atoms with Gasteiger partial charge in [-0.15, -0.1) is 0 Å². The molecular formula is C29H29I3N4. The molecule has 186 valence electrons. The lowest BCUT2D eigenvalue weighted by Crippen LogP contribution is -1.95. The number of nitrogens with one attached hydrogen (secondary N) is 2. The molecule has 0 aromatic carbocycles. The standard InChI is InChI=1S/C29H29I3N4/c1-2-3-4-5-6-7-8-9-18-19-10-12-21(33-19)27(30)23-14-16-25(35-23)29(32)26-17-15-24(36-26)28(31)22-13-11-20(18)34-22/h10-17,35-36H,2-9H2,1H3. The van der Waals surface area contributed by atoms with E-state index >= 15 is 0 Å².